The molecule has 0 N–H and O–H groups in total. The van der Waals surface area contributed by atoms with Crippen molar-refractivity contribution in [3.63, 3.8) is 0 Å². The van der Waals surface area contributed by atoms with Crippen LogP contribution in [-0.4, -0.2) is 77.7 Å². The van der Waals surface area contributed by atoms with Crippen LogP contribution in [0.15, 0.2) is 108 Å². The molecule has 2 aromatic heterocycles. The minimum Gasteiger partial charge on any atom is -0.457 e. The minimum atomic E-state index is 0.640. The predicted octanol–water partition coefficient (Wildman–Crippen LogP) is -3.19. The largest absolute Gasteiger partial charge is 0.457 e. The van der Waals surface area contributed by atoms with Gasteiger partial charge in [-0.25, -0.2) is 15.0 Å². The average molecular weight is 670 g/mol. The number of rotatable bonds is 4. The molecule has 0 fully saturated rings. The van der Waals surface area contributed by atoms with Crippen molar-refractivity contribution < 1.29 is 4.42 Å². The van der Waals surface area contributed by atoms with Crippen molar-refractivity contribution in [3.05, 3.63) is 103 Å². The maximum Gasteiger partial charge on any atom is 0.164 e. The van der Waals surface area contributed by atoms with Gasteiger partial charge in [0.05, 0.1) is 0 Å². The lowest BCUT2D eigenvalue weighted by atomic mass is 9.61. The van der Waals surface area contributed by atoms with Crippen LogP contribution in [0.1, 0.15) is 0 Å². The third-order valence-corrected chi connectivity index (χ3v) is 11.9. The van der Waals surface area contributed by atoms with Gasteiger partial charge in [-0.1, -0.05) is 124 Å². The van der Waals surface area contributed by atoms with Crippen molar-refractivity contribution in [3.8, 4) is 45.3 Å². The molecule has 53 heavy (non-hydrogen) atoms. The summed E-state index contributed by atoms with van der Waals surface area (Å²) in [5.74, 6) is 1.93. The number of benzene rings is 7. The summed E-state index contributed by atoms with van der Waals surface area (Å²) >= 11 is 0. The summed E-state index contributed by atoms with van der Waals surface area (Å²) in [6.07, 6.45) is 0. The van der Waals surface area contributed by atoms with Crippen LogP contribution < -0.4 is 43.7 Å². The Morgan fingerprint density at radius 2 is 0.925 bits per heavy atom. The molecule has 0 saturated heterocycles. The van der Waals surface area contributed by atoms with E-state index in [-0.39, 0.29) is 0 Å². The second kappa shape index (κ2) is 12.5. The Labute approximate surface area is 316 Å². The Hall–Kier alpha value is -5.61. The summed E-state index contributed by atoms with van der Waals surface area (Å²) in [5, 5.41) is 7.32. The second-order valence-corrected chi connectivity index (χ2v) is 14.6. The Balaban J connectivity index is 1.33. The molecule has 0 unspecified atom stereocenters. The number of furan rings is 1. The van der Waals surface area contributed by atoms with Crippen LogP contribution in [0.25, 0.3) is 88.8 Å². The van der Waals surface area contributed by atoms with Crippen molar-refractivity contribution in [2.75, 3.05) is 0 Å². The van der Waals surface area contributed by atoms with Crippen LogP contribution in [-0.2, 0) is 0 Å². The van der Waals surface area contributed by atoms with E-state index in [2.05, 4.69) is 148 Å². The zero-order valence-electron chi connectivity index (χ0n) is 31.6. The molecule has 12 heteroatoms. The van der Waals surface area contributed by atoms with Crippen molar-refractivity contribution in [2.45, 2.75) is 0 Å². The molecule has 2 heterocycles. The summed E-state index contributed by atoms with van der Waals surface area (Å²) in [5.41, 5.74) is 17.2. The Kier molecular flexibility index (Phi) is 7.85. The van der Waals surface area contributed by atoms with Crippen LogP contribution in [0.3, 0.4) is 0 Å². The first kappa shape index (κ1) is 33.2. The average Bonchev–Trinajstić information content (AvgIpc) is 3.58. The summed E-state index contributed by atoms with van der Waals surface area (Å²) in [7, 11) is 17.9. The minimum absolute atomic E-state index is 0.640. The van der Waals surface area contributed by atoms with Crippen molar-refractivity contribution in [1.29, 1.82) is 0 Å². The summed E-state index contributed by atoms with van der Waals surface area (Å²) in [6.45, 7) is 0. The third-order valence-electron chi connectivity index (χ3n) is 11.9. The maximum atomic E-state index is 6.88. The lowest BCUT2D eigenvalue weighted by molar-refractivity contribution is 0.675. The topological polar surface area (TPSA) is 51.8 Å². The first-order chi connectivity index (χ1) is 25.6. The van der Waals surface area contributed by atoms with Crippen molar-refractivity contribution in [1.82, 2.24) is 15.0 Å². The molecule has 4 nitrogen and oxygen atoms in total. The molecule has 0 radical (unpaired) electrons. The highest BCUT2D eigenvalue weighted by molar-refractivity contribution is 6.71. The molecule has 0 aliphatic carbocycles. The van der Waals surface area contributed by atoms with E-state index in [4.69, 9.17) is 19.4 Å². The first-order valence-electron chi connectivity index (χ1n) is 18.4. The molecule has 0 bridgehead atoms. The van der Waals surface area contributed by atoms with Gasteiger partial charge in [-0.05, 0) is 44.8 Å². The maximum absolute atomic E-state index is 6.88. The van der Waals surface area contributed by atoms with Gasteiger partial charge in [0, 0.05) is 27.5 Å². The molecule has 0 aliphatic heterocycles. The lowest BCUT2D eigenvalue weighted by Gasteiger charge is -2.20. The van der Waals surface area contributed by atoms with E-state index in [9.17, 15) is 0 Å². The van der Waals surface area contributed by atoms with Gasteiger partial charge in [-0.3, -0.25) is 0 Å². The van der Waals surface area contributed by atoms with Crippen LogP contribution >= 0.6 is 0 Å². The van der Waals surface area contributed by atoms with Gasteiger partial charge in [0.15, 0.2) is 17.5 Å². The fraction of sp³-hybridized carbons (Fsp3) is 0. The monoisotopic (exact) mass is 671 g/mol. The van der Waals surface area contributed by atoms with Gasteiger partial charge in [-0.2, -0.15) is 0 Å². The van der Waals surface area contributed by atoms with E-state index < -0.39 is 0 Å². The molecular formula is C41H33B8N3O. The normalized spacial score (nSPS) is 11.6. The van der Waals surface area contributed by atoms with E-state index in [1.807, 2.05) is 18.2 Å². The predicted molar refractivity (Wildman–Crippen MR) is 249 cm³/mol. The highest BCUT2D eigenvalue weighted by Crippen LogP contribution is 2.36. The van der Waals surface area contributed by atoms with Crippen LogP contribution in [0, 0.1) is 0 Å². The number of hydrogen-bond donors (Lipinski definition) is 0. The quantitative estimate of drug-likeness (QED) is 0.186. The Morgan fingerprint density at radius 3 is 1.66 bits per heavy atom. The van der Waals surface area contributed by atoms with Crippen molar-refractivity contribution >= 4 is 150 Å². The highest BCUT2D eigenvalue weighted by atomic mass is 16.3. The number of hydrogen-bond acceptors (Lipinski definition) is 4. The fourth-order valence-corrected chi connectivity index (χ4v) is 8.31. The zero-order valence-corrected chi connectivity index (χ0v) is 31.6. The highest BCUT2D eigenvalue weighted by Gasteiger charge is 2.24. The van der Waals surface area contributed by atoms with E-state index in [0.29, 0.717) is 17.5 Å². The fourth-order valence-electron chi connectivity index (χ4n) is 8.31. The molecule has 0 atom stereocenters. The SMILES string of the molecule is Bc1c(-c2ccccc2-c2nc(-c3ccccc3)nc(-c3ccc4ccccc4c3)n2)cc2c(oc3c(B)c(B)c4c(B)c(B)c(B)c(B)c4c32)c1B. The molecule has 242 valence electrons. The molecule has 0 amide bonds. The summed E-state index contributed by atoms with van der Waals surface area (Å²) < 4.78 is 6.88. The van der Waals surface area contributed by atoms with Gasteiger partial charge in [-0.15, -0.1) is 10.9 Å². The van der Waals surface area contributed by atoms with Gasteiger partial charge in [0.2, 0.25) is 0 Å². The Morgan fingerprint density at radius 1 is 0.358 bits per heavy atom. The van der Waals surface area contributed by atoms with Crippen LogP contribution in [0.5, 0.6) is 0 Å². The molecule has 9 aromatic rings. The third kappa shape index (κ3) is 5.14. The van der Waals surface area contributed by atoms with E-state index in [1.54, 1.807) is 0 Å². The van der Waals surface area contributed by atoms with E-state index in [1.165, 1.54) is 59.8 Å². The van der Waals surface area contributed by atoms with E-state index in [0.717, 1.165) is 55.2 Å². The molecule has 7 aromatic carbocycles. The standard InChI is InChI=1S/C41H33B8N3O/c42-29-24(17-25-26-27-28(31(44)34(47)33(46)30(27)43)32(45)36(49)38(26)53-37(25)35(29)48)22-12-6-7-13-23(22)41-51-39(19-9-2-1-3-10-19)50-40(52-41)21-15-14-18-8-4-5-11-20(18)16-21/h1-17H,42-49H2. The number of aromatic nitrogens is 3. The molecule has 0 saturated carbocycles. The van der Waals surface area contributed by atoms with Gasteiger partial charge in [0.1, 0.15) is 73.9 Å². The molecule has 0 aliphatic rings. The second-order valence-electron chi connectivity index (χ2n) is 14.6. The number of nitrogens with zero attached hydrogens (tertiary/aromatic N) is 3. The smallest absolute Gasteiger partial charge is 0.164 e. The van der Waals surface area contributed by atoms with E-state index >= 15 is 0 Å². The van der Waals surface area contributed by atoms with Gasteiger partial charge >= 0.3 is 0 Å². The molecular weight excluding hydrogens is 637 g/mol. The number of fused-ring (bicyclic) bond motifs is 6. The van der Waals surface area contributed by atoms with Crippen LogP contribution in [0.4, 0.5) is 0 Å². The first-order valence-corrected chi connectivity index (χ1v) is 18.4. The lowest BCUT2D eigenvalue weighted by Crippen LogP contribution is -2.50. The zero-order chi connectivity index (χ0) is 36.7. The summed E-state index contributed by atoms with van der Waals surface area (Å²) in [6, 6.07) is 35.9. The Bertz CT molecular complexity index is 3000. The van der Waals surface area contributed by atoms with Crippen LogP contribution in [0.2, 0.25) is 0 Å². The van der Waals surface area contributed by atoms with Gasteiger partial charge < -0.3 is 4.42 Å². The summed E-state index contributed by atoms with van der Waals surface area (Å²) in [4.78, 5) is 15.4. The molecule has 0 spiro atoms. The molecule has 9 rings (SSSR count). The van der Waals surface area contributed by atoms with Gasteiger partial charge in [0.25, 0.3) is 0 Å². The van der Waals surface area contributed by atoms with Crippen molar-refractivity contribution in [2.24, 2.45) is 0 Å².